The van der Waals surface area contributed by atoms with Crippen molar-refractivity contribution in [2.45, 2.75) is 30.5 Å². The van der Waals surface area contributed by atoms with Gasteiger partial charge in [-0.2, -0.15) is 4.72 Å². The summed E-state index contributed by atoms with van der Waals surface area (Å²) in [5, 5.41) is 4.55. The van der Waals surface area contributed by atoms with Crippen molar-refractivity contribution in [2.75, 3.05) is 39.4 Å². The lowest BCUT2D eigenvalue weighted by Gasteiger charge is -2.26. The maximum absolute atomic E-state index is 12.4. The highest BCUT2D eigenvalue weighted by Crippen LogP contribution is 2.17. The van der Waals surface area contributed by atoms with E-state index in [1.54, 1.807) is 11.4 Å². The summed E-state index contributed by atoms with van der Waals surface area (Å²) >= 11 is 1.13. The highest BCUT2D eigenvalue weighted by molar-refractivity contribution is 7.91. The van der Waals surface area contributed by atoms with Crippen LogP contribution in [0.3, 0.4) is 0 Å². The van der Waals surface area contributed by atoms with Gasteiger partial charge in [0.15, 0.2) is 0 Å². The predicted octanol–water partition coefficient (Wildman–Crippen LogP) is 0.890. The van der Waals surface area contributed by atoms with Crippen molar-refractivity contribution in [1.82, 2.24) is 14.9 Å². The number of rotatable bonds is 9. The zero-order chi connectivity index (χ0) is 18.3. The number of thiophene rings is 1. The summed E-state index contributed by atoms with van der Waals surface area (Å²) in [5.41, 5.74) is 0. The summed E-state index contributed by atoms with van der Waals surface area (Å²) in [4.78, 5) is 14.7. The second-order valence-corrected chi connectivity index (χ2v) is 9.26. The quantitative estimate of drug-likeness (QED) is 0.613. The number of carbonyl (C=O) groups excluding carboxylic acids is 1. The maximum atomic E-state index is 12.4. The number of morpholine rings is 1. The molecule has 1 atom stereocenters. The highest BCUT2D eigenvalue weighted by Gasteiger charge is 2.28. The van der Waals surface area contributed by atoms with E-state index in [0.29, 0.717) is 6.54 Å². The van der Waals surface area contributed by atoms with Gasteiger partial charge < -0.3 is 10.1 Å². The lowest BCUT2D eigenvalue weighted by molar-refractivity contribution is -0.123. The molecule has 1 aliphatic heterocycles. The molecule has 25 heavy (non-hydrogen) atoms. The van der Waals surface area contributed by atoms with Crippen LogP contribution in [-0.2, 0) is 19.6 Å². The standard InChI is InChI=1S/C16H27N3O4S2/c1-13(2)15(18-25(21,22)14-5-3-12-24-14)16(20)17-6-4-7-19-8-10-23-11-9-19/h3,5,12-13,15,18H,4,6-11H2,1-2H3,(H,17,20)/t15-/m1/s1. The molecule has 0 aliphatic carbocycles. The van der Waals surface area contributed by atoms with Gasteiger partial charge in [-0.25, -0.2) is 8.42 Å². The Balaban J connectivity index is 1.81. The monoisotopic (exact) mass is 389 g/mol. The fourth-order valence-corrected chi connectivity index (χ4v) is 4.94. The molecular weight excluding hydrogens is 362 g/mol. The first kappa shape index (κ1) is 20.3. The van der Waals surface area contributed by atoms with Gasteiger partial charge in [-0.1, -0.05) is 19.9 Å². The molecule has 2 heterocycles. The van der Waals surface area contributed by atoms with Crippen LogP contribution in [0.25, 0.3) is 0 Å². The molecular formula is C16H27N3O4S2. The first-order valence-electron chi connectivity index (χ1n) is 8.54. The molecule has 7 nitrogen and oxygen atoms in total. The number of ether oxygens (including phenoxy) is 1. The van der Waals surface area contributed by atoms with E-state index in [1.165, 1.54) is 6.07 Å². The Labute approximate surface area is 153 Å². The molecule has 1 fully saturated rings. The molecule has 2 N–H and O–H groups in total. The summed E-state index contributed by atoms with van der Waals surface area (Å²) in [6.07, 6.45) is 0.828. The molecule has 0 spiro atoms. The Hall–Kier alpha value is -1.00. The Morgan fingerprint density at radius 3 is 2.68 bits per heavy atom. The minimum Gasteiger partial charge on any atom is -0.379 e. The maximum Gasteiger partial charge on any atom is 0.250 e. The van der Waals surface area contributed by atoms with E-state index < -0.39 is 16.1 Å². The van der Waals surface area contributed by atoms with Crippen molar-refractivity contribution in [1.29, 1.82) is 0 Å². The molecule has 1 aromatic heterocycles. The topological polar surface area (TPSA) is 87.7 Å². The molecule has 1 aromatic rings. The van der Waals surface area contributed by atoms with Gasteiger partial charge in [0.2, 0.25) is 5.91 Å². The van der Waals surface area contributed by atoms with E-state index in [4.69, 9.17) is 4.74 Å². The number of hydrogen-bond donors (Lipinski definition) is 2. The minimum atomic E-state index is -3.67. The molecule has 0 radical (unpaired) electrons. The van der Waals surface area contributed by atoms with Gasteiger partial charge in [0, 0.05) is 19.6 Å². The van der Waals surface area contributed by atoms with Crippen molar-refractivity contribution < 1.29 is 17.9 Å². The average Bonchev–Trinajstić information content (AvgIpc) is 3.13. The van der Waals surface area contributed by atoms with Crippen LogP contribution in [0.5, 0.6) is 0 Å². The van der Waals surface area contributed by atoms with Gasteiger partial charge in [-0.05, 0) is 30.3 Å². The molecule has 2 rings (SSSR count). The van der Waals surface area contributed by atoms with E-state index in [-0.39, 0.29) is 16.0 Å². The Bertz CT molecular complexity index is 626. The van der Waals surface area contributed by atoms with Crippen molar-refractivity contribution >= 4 is 27.3 Å². The van der Waals surface area contributed by atoms with Crippen LogP contribution in [0.2, 0.25) is 0 Å². The number of carbonyl (C=O) groups is 1. The fourth-order valence-electron chi connectivity index (χ4n) is 2.58. The van der Waals surface area contributed by atoms with E-state index in [0.717, 1.165) is 50.6 Å². The number of nitrogens with one attached hydrogen (secondary N) is 2. The summed E-state index contributed by atoms with van der Waals surface area (Å²) in [5.74, 6) is -0.425. The van der Waals surface area contributed by atoms with Crippen LogP contribution in [0.4, 0.5) is 0 Å². The summed E-state index contributed by atoms with van der Waals surface area (Å²) < 4.78 is 32.8. The summed E-state index contributed by atoms with van der Waals surface area (Å²) in [7, 11) is -3.67. The number of hydrogen-bond acceptors (Lipinski definition) is 6. The zero-order valence-corrected chi connectivity index (χ0v) is 16.4. The molecule has 0 bridgehead atoms. The Morgan fingerprint density at radius 1 is 1.36 bits per heavy atom. The van der Waals surface area contributed by atoms with Crippen molar-refractivity contribution in [3.63, 3.8) is 0 Å². The molecule has 9 heteroatoms. The first-order chi connectivity index (χ1) is 11.9. The third-order valence-corrected chi connectivity index (χ3v) is 6.88. The van der Waals surface area contributed by atoms with Crippen LogP contribution in [0.1, 0.15) is 20.3 Å². The minimum absolute atomic E-state index is 0.144. The zero-order valence-electron chi connectivity index (χ0n) is 14.7. The summed E-state index contributed by atoms with van der Waals surface area (Å²) in [6, 6.07) is 2.43. The van der Waals surface area contributed by atoms with E-state index in [2.05, 4.69) is 14.9 Å². The average molecular weight is 390 g/mol. The highest BCUT2D eigenvalue weighted by atomic mass is 32.2. The SMILES string of the molecule is CC(C)[C@@H](NS(=O)(=O)c1cccs1)C(=O)NCCCN1CCOCC1. The van der Waals surface area contributed by atoms with Gasteiger partial charge in [-0.15, -0.1) is 11.3 Å². The smallest absolute Gasteiger partial charge is 0.250 e. The second-order valence-electron chi connectivity index (χ2n) is 6.37. The molecule has 0 aromatic carbocycles. The Morgan fingerprint density at radius 2 is 2.08 bits per heavy atom. The van der Waals surface area contributed by atoms with Crippen LogP contribution in [-0.4, -0.2) is 64.7 Å². The molecule has 1 saturated heterocycles. The fraction of sp³-hybridized carbons (Fsp3) is 0.688. The van der Waals surface area contributed by atoms with Crippen molar-refractivity contribution in [2.24, 2.45) is 5.92 Å². The molecule has 1 aliphatic rings. The molecule has 0 saturated carbocycles. The van der Waals surface area contributed by atoms with Gasteiger partial charge >= 0.3 is 0 Å². The van der Waals surface area contributed by atoms with Gasteiger partial charge in [0.1, 0.15) is 10.3 Å². The lowest BCUT2D eigenvalue weighted by atomic mass is 10.1. The molecule has 1 amide bonds. The van der Waals surface area contributed by atoms with Crippen LogP contribution < -0.4 is 10.0 Å². The third kappa shape index (κ3) is 6.34. The largest absolute Gasteiger partial charge is 0.379 e. The Kier molecular flexibility index (Phi) is 7.82. The number of amides is 1. The van der Waals surface area contributed by atoms with Crippen molar-refractivity contribution in [3.8, 4) is 0 Å². The normalized spacial score (nSPS) is 17.6. The van der Waals surface area contributed by atoms with E-state index in [9.17, 15) is 13.2 Å². The van der Waals surface area contributed by atoms with Gasteiger partial charge in [0.05, 0.1) is 13.2 Å². The van der Waals surface area contributed by atoms with Gasteiger partial charge in [0.25, 0.3) is 10.0 Å². The second kappa shape index (κ2) is 9.63. The van der Waals surface area contributed by atoms with Crippen LogP contribution in [0.15, 0.2) is 21.7 Å². The van der Waals surface area contributed by atoms with Crippen molar-refractivity contribution in [3.05, 3.63) is 17.5 Å². The van der Waals surface area contributed by atoms with Gasteiger partial charge in [-0.3, -0.25) is 9.69 Å². The van der Waals surface area contributed by atoms with E-state index in [1.807, 2.05) is 13.8 Å². The van der Waals surface area contributed by atoms with Crippen LogP contribution in [0, 0.1) is 5.92 Å². The first-order valence-corrected chi connectivity index (χ1v) is 10.9. The number of nitrogens with zero attached hydrogens (tertiary/aromatic N) is 1. The summed E-state index contributed by atoms with van der Waals surface area (Å²) in [6.45, 7) is 8.44. The molecule has 142 valence electrons. The third-order valence-electron chi connectivity index (χ3n) is 4.05. The van der Waals surface area contributed by atoms with E-state index >= 15 is 0 Å². The number of sulfonamides is 1. The lowest BCUT2D eigenvalue weighted by Crippen LogP contribution is -2.49. The predicted molar refractivity (Wildman–Crippen MR) is 98.2 cm³/mol. The molecule has 0 unspecified atom stereocenters. The van der Waals surface area contributed by atoms with Crippen LogP contribution >= 0.6 is 11.3 Å².